The van der Waals surface area contributed by atoms with Gasteiger partial charge in [-0.15, -0.1) is 0 Å². The van der Waals surface area contributed by atoms with Gasteiger partial charge in [-0.25, -0.2) is 0 Å². The number of hydrogen-bond donors (Lipinski definition) is 0. The maximum atomic E-state index is 12.5. The Morgan fingerprint density at radius 1 is 1.25 bits per heavy atom. The molecule has 1 amide bonds. The quantitative estimate of drug-likeness (QED) is 0.855. The Kier molecular flexibility index (Phi) is 4.45. The van der Waals surface area contributed by atoms with Crippen molar-refractivity contribution in [2.45, 2.75) is 40.3 Å². The summed E-state index contributed by atoms with van der Waals surface area (Å²) < 4.78 is 3.79. The molecular weight excluding hydrogens is 304 g/mol. The standard InChI is InChI=1S/C17H26N6O/c1-12(2)23-14(4)16(13(3)19-23)10-21-6-7-22(17(24)11-21)15-8-18-20(5)9-15/h8-9,12H,6-7,10-11H2,1-5H3. The number of rotatable bonds is 4. The molecule has 0 radical (unpaired) electrons. The summed E-state index contributed by atoms with van der Waals surface area (Å²) in [5.74, 6) is 0.126. The highest BCUT2D eigenvalue weighted by molar-refractivity contribution is 5.95. The Morgan fingerprint density at radius 3 is 2.54 bits per heavy atom. The molecule has 3 rings (SSSR count). The zero-order valence-corrected chi connectivity index (χ0v) is 15.2. The molecule has 7 heteroatoms. The molecule has 0 spiro atoms. The van der Waals surface area contributed by atoms with Gasteiger partial charge in [0.05, 0.1) is 24.1 Å². The summed E-state index contributed by atoms with van der Waals surface area (Å²) in [6, 6.07) is 0.349. The number of hydrogen-bond acceptors (Lipinski definition) is 4. The summed E-state index contributed by atoms with van der Waals surface area (Å²) in [6.45, 7) is 11.2. The summed E-state index contributed by atoms with van der Waals surface area (Å²) in [4.78, 5) is 16.5. The van der Waals surface area contributed by atoms with Crippen LogP contribution < -0.4 is 4.90 Å². The molecule has 3 heterocycles. The highest BCUT2D eigenvalue weighted by Crippen LogP contribution is 2.21. The summed E-state index contributed by atoms with van der Waals surface area (Å²) >= 11 is 0. The fourth-order valence-electron chi connectivity index (χ4n) is 3.33. The van der Waals surface area contributed by atoms with Crippen molar-refractivity contribution >= 4 is 11.6 Å². The Bertz CT molecular complexity index is 744. The molecule has 0 aromatic carbocycles. The molecule has 7 nitrogen and oxygen atoms in total. The van der Waals surface area contributed by atoms with Crippen LogP contribution >= 0.6 is 0 Å². The van der Waals surface area contributed by atoms with E-state index in [2.05, 4.69) is 47.5 Å². The van der Waals surface area contributed by atoms with Gasteiger partial charge in [-0.3, -0.25) is 19.1 Å². The molecule has 1 aliphatic rings. The lowest BCUT2D eigenvalue weighted by Crippen LogP contribution is -2.50. The van der Waals surface area contributed by atoms with Gasteiger partial charge in [0, 0.05) is 50.2 Å². The van der Waals surface area contributed by atoms with Gasteiger partial charge < -0.3 is 4.90 Å². The third-order valence-corrected chi connectivity index (χ3v) is 4.65. The van der Waals surface area contributed by atoms with Crippen LogP contribution in [0.5, 0.6) is 0 Å². The smallest absolute Gasteiger partial charge is 0.241 e. The van der Waals surface area contributed by atoms with Gasteiger partial charge in [0.1, 0.15) is 0 Å². The summed E-state index contributed by atoms with van der Waals surface area (Å²) in [7, 11) is 1.86. The second-order valence-corrected chi connectivity index (χ2v) is 6.82. The average molecular weight is 330 g/mol. The van der Waals surface area contributed by atoms with Crippen LogP contribution in [0.1, 0.15) is 36.8 Å². The maximum Gasteiger partial charge on any atom is 0.241 e. The number of carbonyl (C=O) groups is 1. The van der Waals surface area contributed by atoms with Crippen LogP contribution in [0.4, 0.5) is 5.69 Å². The Hall–Kier alpha value is -2.15. The van der Waals surface area contributed by atoms with Gasteiger partial charge in [-0.1, -0.05) is 0 Å². The lowest BCUT2D eigenvalue weighted by molar-refractivity contribution is -0.121. The van der Waals surface area contributed by atoms with Crippen LogP contribution in [-0.4, -0.2) is 50.0 Å². The van der Waals surface area contributed by atoms with Gasteiger partial charge in [0.25, 0.3) is 0 Å². The average Bonchev–Trinajstić information content (AvgIpc) is 3.06. The summed E-state index contributed by atoms with van der Waals surface area (Å²) in [5.41, 5.74) is 4.38. The Morgan fingerprint density at radius 2 is 2.00 bits per heavy atom. The van der Waals surface area contributed by atoms with E-state index in [9.17, 15) is 4.79 Å². The van der Waals surface area contributed by atoms with Crippen molar-refractivity contribution in [3.8, 4) is 0 Å². The highest BCUT2D eigenvalue weighted by Gasteiger charge is 2.27. The van der Waals surface area contributed by atoms with Crippen LogP contribution in [0, 0.1) is 13.8 Å². The summed E-state index contributed by atoms with van der Waals surface area (Å²) in [6.07, 6.45) is 3.63. The largest absolute Gasteiger partial charge is 0.307 e. The van der Waals surface area contributed by atoms with E-state index < -0.39 is 0 Å². The number of nitrogens with zero attached hydrogens (tertiary/aromatic N) is 6. The van der Waals surface area contributed by atoms with Crippen molar-refractivity contribution in [2.75, 3.05) is 24.5 Å². The number of anilines is 1. The molecule has 1 saturated heterocycles. The van der Waals surface area contributed by atoms with Crippen LogP contribution in [0.2, 0.25) is 0 Å². The first-order chi connectivity index (χ1) is 11.4. The SMILES string of the molecule is Cc1nn(C(C)C)c(C)c1CN1CCN(c2cnn(C)c2)C(=O)C1. The third kappa shape index (κ3) is 3.08. The van der Waals surface area contributed by atoms with Gasteiger partial charge >= 0.3 is 0 Å². The second-order valence-electron chi connectivity index (χ2n) is 6.82. The monoisotopic (exact) mass is 330 g/mol. The van der Waals surface area contributed by atoms with Crippen LogP contribution in [0.3, 0.4) is 0 Å². The van der Waals surface area contributed by atoms with E-state index in [4.69, 9.17) is 0 Å². The molecule has 2 aromatic rings. The molecule has 0 atom stereocenters. The lowest BCUT2D eigenvalue weighted by Gasteiger charge is -2.33. The van der Waals surface area contributed by atoms with Crippen molar-refractivity contribution in [3.05, 3.63) is 29.3 Å². The number of piperazine rings is 1. The van der Waals surface area contributed by atoms with Crippen LogP contribution in [0.15, 0.2) is 12.4 Å². The van der Waals surface area contributed by atoms with E-state index in [0.29, 0.717) is 19.1 Å². The Balaban J connectivity index is 1.70. The van der Waals surface area contributed by atoms with Crippen molar-refractivity contribution in [1.82, 2.24) is 24.5 Å². The predicted molar refractivity (Wildman–Crippen MR) is 92.9 cm³/mol. The fraction of sp³-hybridized carbons (Fsp3) is 0.588. The van der Waals surface area contributed by atoms with Crippen LogP contribution in [-0.2, 0) is 18.4 Å². The van der Waals surface area contributed by atoms with E-state index >= 15 is 0 Å². The van der Waals surface area contributed by atoms with Crippen molar-refractivity contribution in [1.29, 1.82) is 0 Å². The molecule has 0 saturated carbocycles. The molecule has 1 fully saturated rings. The fourth-order valence-corrected chi connectivity index (χ4v) is 3.33. The molecule has 24 heavy (non-hydrogen) atoms. The maximum absolute atomic E-state index is 12.5. The van der Waals surface area contributed by atoms with Crippen molar-refractivity contribution in [3.63, 3.8) is 0 Å². The molecule has 1 aliphatic heterocycles. The van der Waals surface area contributed by atoms with Gasteiger partial charge in [-0.2, -0.15) is 10.2 Å². The minimum Gasteiger partial charge on any atom is -0.307 e. The molecule has 0 aliphatic carbocycles. The molecule has 0 N–H and O–H groups in total. The zero-order valence-electron chi connectivity index (χ0n) is 15.2. The normalized spacial score (nSPS) is 16.4. The van der Waals surface area contributed by atoms with E-state index in [-0.39, 0.29) is 5.91 Å². The topological polar surface area (TPSA) is 59.2 Å². The van der Waals surface area contributed by atoms with Gasteiger partial charge in [0.2, 0.25) is 5.91 Å². The molecule has 2 aromatic heterocycles. The summed E-state index contributed by atoms with van der Waals surface area (Å²) in [5, 5.41) is 8.80. The minimum absolute atomic E-state index is 0.126. The molecule has 0 unspecified atom stereocenters. The first-order valence-electron chi connectivity index (χ1n) is 8.42. The van der Waals surface area contributed by atoms with Crippen molar-refractivity contribution in [2.24, 2.45) is 7.05 Å². The van der Waals surface area contributed by atoms with E-state index in [1.165, 1.54) is 11.3 Å². The van der Waals surface area contributed by atoms with Crippen LogP contribution in [0.25, 0.3) is 0 Å². The second kappa shape index (κ2) is 6.39. The Labute approximate surface area is 142 Å². The van der Waals surface area contributed by atoms with E-state index in [0.717, 1.165) is 24.5 Å². The minimum atomic E-state index is 0.126. The third-order valence-electron chi connectivity index (χ3n) is 4.65. The van der Waals surface area contributed by atoms with Gasteiger partial charge in [-0.05, 0) is 27.7 Å². The van der Waals surface area contributed by atoms with E-state index in [1.54, 1.807) is 10.9 Å². The zero-order chi connectivity index (χ0) is 17.4. The molecule has 130 valence electrons. The van der Waals surface area contributed by atoms with Crippen molar-refractivity contribution < 1.29 is 4.79 Å². The molecule has 0 bridgehead atoms. The first kappa shape index (κ1) is 16.7. The number of carbonyl (C=O) groups excluding carboxylic acids is 1. The highest BCUT2D eigenvalue weighted by atomic mass is 16.2. The lowest BCUT2D eigenvalue weighted by atomic mass is 10.1. The predicted octanol–water partition coefficient (Wildman–Crippen LogP) is 1.66. The number of aryl methyl sites for hydroxylation is 2. The number of aromatic nitrogens is 4. The van der Waals surface area contributed by atoms with E-state index in [1.807, 2.05) is 18.1 Å². The molecular formula is C17H26N6O. The number of amides is 1. The van der Waals surface area contributed by atoms with Gasteiger partial charge in [0.15, 0.2) is 0 Å². The first-order valence-corrected chi connectivity index (χ1v) is 8.42.